The van der Waals surface area contributed by atoms with Crippen molar-refractivity contribution in [2.24, 2.45) is 0 Å². The van der Waals surface area contributed by atoms with Crippen molar-refractivity contribution in [3.8, 4) is 0 Å². The van der Waals surface area contributed by atoms with Gasteiger partial charge in [0.25, 0.3) is 5.91 Å². The third-order valence-corrected chi connectivity index (χ3v) is 3.85. The van der Waals surface area contributed by atoms with Crippen LogP contribution in [0.2, 0.25) is 0 Å². The molecule has 1 aromatic rings. The number of carbonyl (C=O) groups excluding carboxylic acids is 1. The van der Waals surface area contributed by atoms with Crippen LogP contribution in [-0.2, 0) is 5.41 Å². The number of aryl methyl sites for hydroxylation is 2. The molecular formula is C15H22N2O. The first-order valence-electron chi connectivity index (χ1n) is 6.53. The van der Waals surface area contributed by atoms with E-state index in [9.17, 15) is 4.79 Å². The molecule has 98 valence electrons. The van der Waals surface area contributed by atoms with Gasteiger partial charge >= 0.3 is 0 Å². The Bertz CT molecular complexity index is 503. The van der Waals surface area contributed by atoms with Gasteiger partial charge in [0.05, 0.1) is 0 Å². The molecule has 0 fully saturated rings. The normalized spacial score (nSPS) is 18.2. The number of amides is 1. The van der Waals surface area contributed by atoms with Crippen LogP contribution in [0.1, 0.15) is 55.0 Å². The number of hydrogen-bond donors (Lipinski definition) is 0. The molecule has 2 rings (SSSR count). The van der Waals surface area contributed by atoms with Crippen LogP contribution in [0.4, 0.5) is 0 Å². The van der Waals surface area contributed by atoms with Crippen molar-refractivity contribution in [1.82, 2.24) is 9.88 Å². The molecule has 0 saturated carbocycles. The molecule has 1 amide bonds. The van der Waals surface area contributed by atoms with E-state index in [4.69, 9.17) is 0 Å². The molecule has 0 spiro atoms. The molecule has 3 heteroatoms. The number of hydrogen-bond acceptors (Lipinski definition) is 2. The zero-order chi connectivity index (χ0) is 13.7. The second-order valence-corrected chi connectivity index (χ2v) is 6.20. The molecule has 0 saturated heterocycles. The molecule has 1 aliphatic heterocycles. The molecule has 18 heavy (non-hydrogen) atoms. The van der Waals surface area contributed by atoms with Gasteiger partial charge in [-0.15, -0.1) is 0 Å². The summed E-state index contributed by atoms with van der Waals surface area (Å²) in [4.78, 5) is 18.9. The van der Waals surface area contributed by atoms with E-state index >= 15 is 0 Å². The smallest absolute Gasteiger partial charge is 0.273 e. The number of carbonyl (C=O) groups is 1. The van der Waals surface area contributed by atoms with Crippen LogP contribution in [0.25, 0.3) is 0 Å². The Balaban J connectivity index is 2.62. The van der Waals surface area contributed by atoms with Gasteiger partial charge < -0.3 is 4.90 Å². The van der Waals surface area contributed by atoms with E-state index in [1.54, 1.807) is 0 Å². The fraction of sp³-hybridized carbons (Fsp3) is 0.600. The van der Waals surface area contributed by atoms with Crippen molar-refractivity contribution in [1.29, 1.82) is 0 Å². The van der Waals surface area contributed by atoms with Crippen LogP contribution >= 0.6 is 0 Å². The van der Waals surface area contributed by atoms with Gasteiger partial charge in [-0.25, -0.2) is 4.98 Å². The fourth-order valence-corrected chi connectivity index (χ4v) is 2.52. The van der Waals surface area contributed by atoms with E-state index in [-0.39, 0.29) is 17.4 Å². The summed E-state index contributed by atoms with van der Waals surface area (Å²) in [7, 11) is 0. The second kappa shape index (κ2) is 4.08. The maximum atomic E-state index is 12.5. The van der Waals surface area contributed by atoms with Crippen molar-refractivity contribution in [3.63, 3.8) is 0 Å². The average molecular weight is 246 g/mol. The predicted molar refractivity (Wildman–Crippen MR) is 72.9 cm³/mol. The van der Waals surface area contributed by atoms with Crippen LogP contribution in [-0.4, -0.2) is 28.4 Å². The minimum Gasteiger partial charge on any atom is -0.334 e. The highest BCUT2D eigenvalue weighted by molar-refractivity contribution is 5.95. The minimum absolute atomic E-state index is 0.0288. The summed E-state index contributed by atoms with van der Waals surface area (Å²) in [6.45, 7) is 13.3. The fourth-order valence-electron chi connectivity index (χ4n) is 2.52. The zero-order valence-corrected chi connectivity index (χ0v) is 12.2. The molecule has 0 atom stereocenters. The monoisotopic (exact) mass is 246 g/mol. The van der Waals surface area contributed by atoms with E-state index in [0.717, 1.165) is 23.4 Å². The first kappa shape index (κ1) is 13.1. The Hall–Kier alpha value is -1.38. The summed E-state index contributed by atoms with van der Waals surface area (Å²) >= 11 is 0. The van der Waals surface area contributed by atoms with Gasteiger partial charge in [0.2, 0.25) is 0 Å². The molecule has 0 bridgehead atoms. The number of nitrogens with zero attached hydrogens (tertiary/aromatic N) is 2. The molecule has 0 radical (unpaired) electrons. The molecule has 1 aliphatic rings. The molecule has 3 nitrogen and oxygen atoms in total. The topological polar surface area (TPSA) is 33.2 Å². The summed E-state index contributed by atoms with van der Waals surface area (Å²) in [5.41, 5.74) is 3.81. The Kier molecular flexibility index (Phi) is 2.96. The highest BCUT2D eigenvalue weighted by Crippen LogP contribution is 2.34. The Morgan fingerprint density at radius 3 is 2.50 bits per heavy atom. The quantitative estimate of drug-likeness (QED) is 0.763. The molecule has 0 N–H and O–H groups in total. The molecular weight excluding hydrogens is 224 g/mol. The van der Waals surface area contributed by atoms with E-state index in [1.165, 1.54) is 0 Å². The third kappa shape index (κ3) is 1.92. The Morgan fingerprint density at radius 2 is 1.94 bits per heavy atom. The SMILES string of the molecule is Cc1cc2c(nc1C)C(=O)N(C(C)C)CC2(C)C. The van der Waals surface area contributed by atoms with Gasteiger partial charge in [-0.05, 0) is 38.8 Å². The highest BCUT2D eigenvalue weighted by atomic mass is 16.2. The highest BCUT2D eigenvalue weighted by Gasteiger charge is 2.38. The lowest BCUT2D eigenvalue weighted by molar-refractivity contribution is 0.0619. The lowest BCUT2D eigenvalue weighted by atomic mass is 9.79. The number of aromatic nitrogens is 1. The van der Waals surface area contributed by atoms with Gasteiger partial charge in [0.1, 0.15) is 5.69 Å². The van der Waals surface area contributed by atoms with E-state index in [0.29, 0.717) is 5.69 Å². The van der Waals surface area contributed by atoms with Gasteiger partial charge in [0.15, 0.2) is 0 Å². The summed E-state index contributed by atoms with van der Waals surface area (Å²) in [5, 5.41) is 0. The first-order valence-corrected chi connectivity index (χ1v) is 6.53. The van der Waals surface area contributed by atoms with Crippen molar-refractivity contribution in [3.05, 3.63) is 28.6 Å². The van der Waals surface area contributed by atoms with Gasteiger partial charge in [-0.1, -0.05) is 19.9 Å². The summed E-state index contributed by atoms with van der Waals surface area (Å²) in [6.07, 6.45) is 0. The molecule has 0 aliphatic carbocycles. The van der Waals surface area contributed by atoms with Gasteiger partial charge in [0, 0.05) is 23.7 Å². The maximum absolute atomic E-state index is 12.5. The van der Waals surface area contributed by atoms with Crippen molar-refractivity contribution in [2.45, 2.75) is 53.0 Å². The van der Waals surface area contributed by atoms with Crippen LogP contribution < -0.4 is 0 Å². The van der Waals surface area contributed by atoms with E-state index in [1.807, 2.05) is 11.8 Å². The predicted octanol–water partition coefficient (Wildman–Crippen LogP) is 2.84. The van der Waals surface area contributed by atoms with Crippen LogP contribution in [0.3, 0.4) is 0 Å². The van der Waals surface area contributed by atoms with Crippen molar-refractivity contribution >= 4 is 5.91 Å². The zero-order valence-electron chi connectivity index (χ0n) is 12.2. The summed E-state index contributed by atoms with van der Waals surface area (Å²) < 4.78 is 0. The Labute approximate surface area is 109 Å². The largest absolute Gasteiger partial charge is 0.334 e. The maximum Gasteiger partial charge on any atom is 0.273 e. The molecule has 0 unspecified atom stereocenters. The third-order valence-electron chi connectivity index (χ3n) is 3.85. The lowest BCUT2D eigenvalue weighted by Crippen LogP contribution is -2.50. The van der Waals surface area contributed by atoms with Gasteiger partial charge in [-0.2, -0.15) is 0 Å². The second-order valence-electron chi connectivity index (χ2n) is 6.20. The lowest BCUT2D eigenvalue weighted by Gasteiger charge is -2.41. The number of rotatable bonds is 1. The first-order chi connectivity index (χ1) is 8.24. The van der Waals surface area contributed by atoms with Crippen molar-refractivity contribution in [2.75, 3.05) is 6.54 Å². The molecule has 0 aromatic carbocycles. The van der Waals surface area contributed by atoms with Crippen LogP contribution in [0.15, 0.2) is 6.07 Å². The minimum atomic E-state index is -0.0288. The Morgan fingerprint density at radius 1 is 1.33 bits per heavy atom. The van der Waals surface area contributed by atoms with Crippen molar-refractivity contribution < 1.29 is 4.79 Å². The van der Waals surface area contributed by atoms with Crippen LogP contribution in [0.5, 0.6) is 0 Å². The van der Waals surface area contributed by atoms with E-state index in [2.05, 4.69) is 45.7 Å². The summed E-state index contributed by atoms with van der Waals surface area (Å²) in [6, 6.07) is 2.35. The average Bonchev–Trinajstić information content (AvgIpc) is 2.26. The standard InChI is InChI=1S/C15H22N2O/c1-9(2)17-8-15(5,6)12-7-10(3)11(4)16-13(12)14(17)18/h7,9H,8H2,1-6H3. The van der Waals surface area contributed by atoms with Crippen LogP contribution in [0, 0.1) is 13.8 Å². The molecule has 2 heterocycles. The number of pyridine rings is 1. The van der Waals surface area contributed by atoms with E-state index < -0.39 is 0 Å². The summed E-state index contributed by atoms with van der Waals surface area (Å²) in [5.74, 6) is 0.0717. The van der Waals surface area contributed by atoms with Gasteiger partial charge in [-0.3, -0.25) is 4.79 Å². The molecule has 1 aromatic heterocycles. The number of fused-ring (bicyclic) bond motifs is 1.